The predicted molar refractivity (Wildman–Crippen MR) is 133 cm³/mol. The molecule has 30 heavy (non-hydrogen) atoms. The first-order chi connectivity index (χ1) is 14.6. The highest BCUT2D eigenvalue weighted by Gasteiger charge is 2.02. The second-order valence-electron chi connectivity index (χ2n) is 9.58. The molecule has 178 valence electrons. The van der Waals surface area contributed by atoms with E-state index in [1.54, 1.807) is 6.92 Å². The van der Waals surface area contributed by atoms with Crippen LogP contribution in [0.3, 0.4) is 0 Å². The van der Waals surface area contributed by atoms with E-state index in [-0.39, 0.29) is 5.97 Å². The molecule has 0 fully saturated rings. The van der Waals surface area contributed by atoms with Gasteiger partial charge in [0.15, 0.2) is 0 Å². The highest BCUT2D eigenvalue weighted by atomic mass is 16.5. The lowest BCUT2D eigenvalue weighted by Crippen LogP contribution is -2.05. The molecule has 0 bridgehead atoms. The zero-order valence-corrected chi connectivity index (χ0v) is 21.0. The van der Waals surface area contributed by atoms with Gasteiger partial charge in [-0.05, 0) is 19.3 Å². The molecular formula is C28H54O2. The maximum atomic E-state index is 11.2. The SMILES string of the molecule is C=C(C)C(=O)OCCCCCCCCCCCCCCCCCCCCC(C)CC. The fourth-order valence-corrected chi connectivity index (χ4v) is 3.92. The molecule has 0 aromatic carbocycles. The second-order valence-corrected chi connectivity index (χ2v) is 9.58. The summed E-state index contributed by atoms with van der Waals surface area (Å²) in [4.78, 5) is 11.2. The number of hydrogen-bond donors (Lipinski definition) is 0. The molecule has 0 heterocycles. The molecule has 1 unspecified atom stereocenters. The fourth-order valence-electron chi connectivity index (χ4n) is 3.92. The van der Waals surface area contributed by atoms with Gasteiger partial charge in [-0.2, -0.15) is 0 Å². The standard InChI is InChI=1S/C28H54O2/c1-5-27(4)24-22-20-18-16-14-12-10-8-6-7-9-11-13-15-17-19-21-23-25-30-28(29)26(2)3/h27H,2,5-25H2,1,3-4H3. The molecule has 0 aromatic heterocycles. The lowest BCUT2D eigenvalue weighted by molar-refractivity contribution is -0.139. The Morgan fingerprint density at radius 2 is 1.00 bits per heavy atom. The van der Waals surface area contributed by atoms with Gasteiger partial charge in [-0.25, -0.2) is 4.79 Å². The highest BCUT2D eigenvalue weighted by molar-refractivity contribution is 5.86. The van der Waals surface area contributed by atoms with Crippen molar-refractivity contribution in [2.24, 2.45) is 5.92 Å². The third-order valence-electron chi connectivity index (χ3n) is 6.37. The van der Waals surface area contributed by atoms with Gasteiger partial charge in [0.05, 0.1) is 6.61 Å². The van der Waals surface area contributed by atoms with Crippen LogP contribution >= 0.6 is 0 Å². The third kappa shape index (κ3) is 21.9. The van der Waals surface area contributed by atoms with Crippen LogP contribution in [-0.2, 0) is 9.53 Å². The Morgan fingerprint density at radius 1 is 0.667 bits per heavy atom. The monoisotopic (exact) mass is 422 g/mol. The zero-order valence-electron chi connectivity index (χ0n) is 21.0. The van der Waals surface area contributed by atoms with Gasteiger partial charge in [-0.3, -0.25) is 0 Å². The number of unbranched alkanes of at least 4 members (excludes halogenated alkanes) is 17. The fraction of sp³-hybridized carbons (Fsp3) is 0.893. The Bertz CT molecular complexity index is 388. The molecular weight excluding hydrogens is 368 g/mol. The Kier molecular flexibility index (Phi) is 22.3. The summed E-state index contributed by atoms with van der Waals surface area (Å²) in [5, 5.41) is 0. The molecule has 0 aliphatic rings. The summed E-state index contributed by atoms with van der Waals surface area (Å²) in [6.45, 7) is 10.5. The van der Waals surface area contributed by atoms with E-state index in [0.717, 1.165) is 12.3 Å². The van der Waals surface area contributed by atoms with Crippen molar-refractivity contribution in [2.75, 3.05) is 6.61 Å². The molecule has 1 atom stereocenters. The van der Waals surface area contributed by atoms with Gasteiger partial charge in [0.2, 0.25) is 0 Å². The lowest BCUT2D eigenvalue weighted by Gasteiger charge is -2.07. The molecule has 0 aromatic rings. The summed E-state index contributed by atoms with van der Waals surface area (Å²) >= 11 is 0. The number of esters is 1. The normalized spacial score (nSPS) is 12.1. The Balaban J connectivity index is 3.08. The highest BCUT2D eigenvalue weighted by Crippen LogP contribution is 2.16. The van der Waals surface area contributed by atoms with E-state index in [2.05, 4.69) is 20.4 Å². The van der Waals surface area contributed by atoms with Crippen LogP contribution < -0.4 is 0 Å². The van der Waals surface area contributed by atoms with Gasteiger partial charge >= 0.3 is 5.97 Å². The van der Waals surface area contributed by atoms with Crippen molar-refractivity contribution in [2.45, 2.75) is 149 Å². The summed E-state index contributed by atoms with van der Waals surface area (Å²) in [6, 6.07) is 0. The Morgan fingerprint density at radius 3 is 1.33 bits per heavy atom. The van der Waals surface area contributed by atoms with E-state index in [9.17, 15) is 4.79 Å². The molecule has 0 aliphatic carbocycles. The van der Waals surface area contributed by atoms with Crippen molar-refractivity contribution < 1.29 is 9.53 Å². The second kappa shape index (κ2) is 22.9. The molecule has 2 heteroatoms. The van der Waals surface area contributed by atoms with Crippen LogP contribution in [0.5, 0.6) is 0 Å². The van der Waals surface area contributed by atoms with Gasteiger partial charge in [0.1, 0.15) is 0 Å². The molecule has 0 N–H and O–H groups in total. The van der Waals surface area contributed by atoms with Gasteiger partial charge in [0, 0.05) is 5.57 Å². The van der Waals surface area contributed by atoms with Crippen LogP contribution in [-0.4, -0.2) is 12.6 Å². The minimum absolute atomic E-state index is 0.252. The van der Waals surface area contributed by atoms with Gasteiger partial charge < -0.3 is 4.74 Å². The maximum absolute atomic E-state index is 11.2. The van der Waals surface area contributed by atoms with Crippen LogP contribution in [0.2, 0.25) is 0 Å². The van der Waals surface area contributed by atoms with Crippen molar-refractivity contribution in [3.63, 3.8) is 0 Å². The molecule has 0 radical (unpaired) electrons. The molecule has 0 saturated heterocycles. The number of carbonyl (C=O) groups excluding carboxylic acids is 1. The van der Waals surface area contributed by atoms with Crippen molar-refractivity contribution in [3.8, 4) is 0 Å². The summed E-state index contributed by atoms with van der Waals surface area (Å²) in [5.41, 5.74) is 0.494. The van der Waals surface area contributed by atoms with E-state index >= 15 is 0 Å². The largest absolute Gasteiger partial charge is 0.462 e. The smallest absolute Gasteiger partial charge is 0.333 e. The first-order valence-corrected chi connectivity index (χ1v) is 13.4. The minimum Gasteiger partial charge on any atom is -0.462 e. The first-order valence-electron chi connectivity index (χ1n) is 13.4. The van der Waals surface area contributed by atoms with E-state index in [4.69, 9.17) is 4.74 Å². The van der Waals surface area contributed by atoms with E-state index < -0.39 is 0 Å². The van der Waals surface area contributed by atoms with Crippen LogP contribution in [0.1, 0.15) is 149 Å². The predicted octanol–water partition coefficient (Wildman–Crippen LogP) is 9.56. The molecule has 2 nitrogen and oxygen atoms in total. The molecule has 0 spiro atoms. The third-order valence-corrected chi connectivity index (χ3v) is 6.37. The van der Waals surface area contributed by atoms with Gasteiger partial charge in [-0.15, -0.1) is 0 Å². The van der Waals surface area contributed by atoms with E-state index in [1.807, 2.05) is 0 Å². The summed E-state index contributed by atoms with van der Waals surface area (Å²) in [5.74, 6) is 0.680. The van der Waals surface area contributed by atoms with Crippen LogP contribution in [0.4, 0.5) is 0 Å². The van der Waals surface area contributed by atoms with Crippen molar-refractivity contribution in [1.82, 2.24) is 0 Å². The molecule has 0 aliphatic heterocycles. The van der Waals surface area contributed by atoms with E-state index in [0.29, 0.717) is 12.2 Å². The summed E-state index contributed by atoms with van der Waals surface area (Å²) in [6.07, 6.45) is 27.6. The lowest BCUT2D eigenvalue weighted by atomic mass is 9.99. The Labute approximate surface area is 189 Å². The quantitative estimate of drug-likeness (QED) is 0.0930. The van der Waals surface area contributed by atoms with Crippen molar-refractivity contribution in [3.05, 3.63) is 12.2 Å². The molecule has 0 saturated carbocycles. The van der Waals surface area contributed by atoms with Gasteiger partial charge in [-0.1, -0.05) is 142 Å². The topological polar surface area (TPSA) is 26.3 Å². The van der Waals surface area contributed by atoms with Crippen molar-refractivity contribution >= 4 is 5.97 Å². The average Bonchev–Trinajstić information content (AvgIpc) is 2.74. The van der Waals surface area contributed by atoms with Crippen LogP contribution in [0.25, 0.3) is 0 Å². The number of hydrogen-bond acceptors (Lipinski definition) is 2. The molecule has 0 amide bonds. The van der Waals surface area contributed by atoms with Crippen molar-refractivity contribution in [1.29, 1.82) is 0 Å². The summed E-state index contributed by atoms with van der Waals surface area (Å²) in [7, 11) is 0. The number of rotatable bonds is 23. The zero-order chi connectivity index (χ0) is 22.3. The van der Waals surface area contributed by atoms with Crippen LogP contribution in [0, 0.1) is 5.92 Å². The maximum Gasteiger partial charge on any atom is 0.333 e. The first kappa shape index (κ1) is 29.2. The minimum atomic E-state index is -0.252. The van der Waals surface area contributed by atoms with Gasteiger partial charge in [0.25, 0.3) is 0 Å². The average molecular weight is 423 g/mol. The Hall–Kier alpha value is -0.790. The molecule has 0 rings (SSSR count). The van der Waals surface area contributed by atoms with E-state index in [1.165, 1.54) is 122 Å². The number of carbonyl (C=O) groups is 1. The van der Waals surface area contributed by atoms with Crippen LogP contribution in [0.15, 0.2) is 12.2 Å². The summed E-state index contributed by atoms with van der Waals surface area (Å²) < 4.78 is 5.11. The number of ether oxygens (including phenoxy) is 1.